The molecule has 0 fully saturated rings. The number of carbonyl (C=O) groups excluding carboxylic acids is 1. The van der Waals surface area contributed by atoms with Gasteiger partial charge in [0.1, 0.15) is 5.76 Å². The van der Waals surface area contributed by atoms with Crippen LogP contribution in [-0.4, -0.2) is 26.8 Å². The summed E-state index contributed by atoms with van der Waals surface area (Å²) in [7, 11) is 1.55. The summed E-state index contributed by atoms with van der Waals surface area (Å²) in [5, 5.41) is 13.2. The highest BCUT2D eigenvalue weighted by molar-refractivity contribution is 5.99. The fraction of sp³-hybridized carbons (Fsp3) is 0.333. The molecule has 88 valence electrons. The van der Waals surface area contributed by atoms with Gasteiger partial charge in [0, 0.05) is 19.3 Å². The number of aryl methyl sites for hydroxylation is 2. The number of hydrogen-bond donors (Lipinski definition) is 1. The zero-order valence-corrected chi connectivity index (χ0v) is 8.54. The number of halogens is 3. The Hall–Kier alpha value is -1.79. The molecule has 7 heteroatoms. The zero-order valence-electron chi connectivity index (χ0n) is 8.54. The molecule has 0 spiro atoms. The van der Waals surface area contributed by atoms with Crippen molar-refractivity contribution < 1.29 is 23.1 Å². The minimum Gasteiger partial charge on any atom is -0.507 e. The SMILES string of the molecule is Cc1nn(C)cc1C(O)=CC(=O)C(F)(F)F. The molecule has 1 N–H and O–H groups in total. The highest BCUT2D eigenvalue weighted by atomic mass is 19.4. The Morgan fingerprint density at radius 3 is 2.50 bits per heavy atom. The van der Waals surface area contributed by atoms with Crippen LogP contribution in [0.15, 0.2) is 12.3 Å². The molecular formula is C9H9F3N2O2. The molecule has 0 saturated heterocycles. The fourth-order valence-electron chi connectivity index (χ4n) is 1.13. The van der Waals surface area contributed by atoms with Crippen molar-refractivity contribution in [2.75, 3.05) is 0 Å². The van der Waals surface area contributed by atoms with Crippen LogP contribution >= 0.6 is 0 Å². The molecule has 0 aliphatic rings. The van der Waals surface area contributed by atoms with Crippen molar-refractivity contribution >= 4 is 11.5 Å². The molecule has 1 rings (SSSR count). The van der Waals surface area contributed by atoms with Gasteiger partial charge in [-0.3, -0.25) is 9.48 Å². The smallest absolute Gasteiger partial charge is 0.454 e. The third kappa shape index (κ3) is 2.62. The van der Waals surface area contributed by atoms with E-state index < -0.39 is 17.7 Å². The van der Waals surface area contributed by atoms with Crippen LogP contribution in [0, 0.1) is 6.92 Å². The average molecular weight is 234 g/mol. The lowest BCUT2D eigenvalue weighted by Crippen LogP contribution is -2.20. The lowest BCUT2D eigenvalue weighted by atomic mass is 10.2. The highest BCUT2D eigenvalue weighted by Gasteiger charge is 2.37. The van der Waals surface area contributed by atoms with Gasteiger partial charge in [-0.2, -0.15) is 18.3 Å². The van der Waals surface area contributed by atoms with E-state index in [4.69, 9.17) is 0 Å². The predicted octanol–water partition coefficient (Wildman–Crippen LogP) is 1.76. The minimum atomic E-state index is -4.98. The quantitative estimate of drug-likeness (QED) is 0.626. The summed E-state index contributed by atoms with van der Waals surface area (Å²) in [6, 6.07) is 0. The first-order valence-corrected chi connectivity index (χ1v) is 4.24. The van der Waals surface area contributed by atoms with Gasteiger partial charge in [-0.15, -0.1) is 0 Å². The second kappa shape index (κ2) is 3.99. The molecule has 0 unspecified atom stereocenters. The Bertz CT molecular complexity index is 446. The molecule has 1 aromatic rings. The summed E-state index contributed by atoms with van der Waals surface area (Å²) < 4.78 is 37.0. The van der Waals surface area contributed by atoms with E-state index in [9.17, 15) is 23.1 Å². The third-order valence-corrected chi connectivity index (χ3v) is 1.84. The van der Waals surface area contributed by atoms with Crippen molar-refractivity contribution in [3.8, 4) is 0 Å². The van der Waals surface area contributed by atoms with E-state index in [1.165, 1.54) is 17.8 Å². The van der Waals surface area contributed by atoms with Crippen LogP contribution < -0.4 is 0 Å². The lowest BCUT2D eigenvalue weighted by molar-refractivity contribution is -0.165. The first kappa shape index (κ1) is 12.3. The molecule has 0 aromatic carbocycles. The molecule has 1 aromatic heterocycles. The van der Waals surface area contributed by atoms with Crippen LogP contribution in [0.1, 0.15) is 11.3 Å². The fourth-order valence-corrected chi connectivity index (χ4v) is 1.13. The van der Waals surface area contributed by atoms with Gasteiger partial charge in [0.05, 0.1) is 11.3 Å². The molecule has 16 heavy (non-hydrogen) atoms. The maximum atomic E-state index is 11.9. The molecular weight excluding hydrogens is 225 g/mol. The summed E-state index contributed by atoms with van der Waals surface area (Å²) in [4.78, 5) is 10.6. The van der Waals surface area contributed by atoms with Gasteiger partial charge in [0.15, 0.2) is 0 Å². The first-order valence-electron chi connectivity index (χ1n) is 4.24. The van der Waals surface area contributed by atoms with Gasteiger partial charge in [0.25, 0.3) is 5.78 Å². The maximum Gasteiger partial charge on any atom is 0.454 e. The van der Waals surface area contributed by atoms with E-state index in [0.29, 0.717) is 5.69 Å². The van der Waals surface area contributed by atoms with Gasteiger partial charge >= 0.3 is 6.18 Å². The number of aromatic nitrogens is 2. The third-order valence-electron chi connectivity index (χ3n) is 1.84. The Labute approximate surface area is 89.0 Å². The normalized spacial score (nSPS) is 12.9. The van der Waals surface area contributed by atoms with E-state index in [2.05, 4.69) is 5.10 Å². The van der Waals surface area contributed by atoms with Crippen LogP contribution in [-0.2, 0) is 11.8 Å². The van der Waals surface area contributed by atoms with E-state index in [0.717, 1.165) is 0 Å². The average Bonchev–Trinajstić information content (AvgIpc) is 2.43. The molecule has 0 bridgehead atoms. The number of allylic oxidation sites excluding steroid dienone is 1. The van der Waals surface area contributed by atoms with Gasteiger partial charge in [0.2, 0.25) is 0 Å². The molecule has 1 heterocycles. The second-order valence-electron chi connectivity index (χ2n) is 3.19. The summed E-state index contributed by atoms with van der Waals surface area (Å²) in [6.07, 6.45) is -3.51. The van der Waals surface area contributed by atoms with E-state index >= 15 is 0 Å². The Kier molecular flexibility index (Phi) is 3.06. The molecule has 4 nitrogen and oxygen atoms in total. The summed E-state index contributed by atoms with van der Waals surface area (Å²) in [6.45, 7) is 1.51. The van der Waals surface area contributed by atoms with Crippen LogP contribution in [0.3, 0.4) is 0 Å². The molecule has 0 saturated carbocycles. The van der Waals surface area contributed by atoms with Crippen molar-refractivity contribution in [3.05, 3.63) is 23.5 Å². The van der Waals surface area contributed by atoms with Crippen LogP contribution in [0.4, 0.5) is 13.2 Å². The number of rotatable bonds is 2. The number of hydrogen-bond acceptors (Lipinski definition) is 3. The topological polar surface area (TPSA) is 55.1 Å². The lowest BCUT2D eigenvalue weighted by Gasteiger charge is -2.01. The molecule has 0 aliphatic carbocycles. The zero-order chi connectivity index (χ0) is 12.5. The summed E-state index contributed by atoms with van der Waals surface area (Å²) >= 11 is 0. The van der Waals surface area contributed by atoms with E-state index in [1.54, 1.807) is 7.05 Å². The Balaban J connectivity index is 3.03. The summed E-state index contributed by atoms with van der Waals surface area (Å²) in [5.41, 5.74) is 0.436. The van der Waals surface area contributed by atoms with Crippen LogP contribution in [0.5, 0.6) is 0 Å². The van der Waals surface area contributed by atoms with E-state index in [-0.39, 0.29) is 11.6 Å². The monoisotopic (exact) mass is 234 g/mol. The van der Waals surface area contributed by atoms with Gasteiger partial charge < -0.3 is 5.11 Å². The number of ketones is 1. The standard InChI is InChI=1S/C9H9F3N2O2/c1-5-6(4-14(2)13-5)7(15)3-8(16)9(10,11)12/h3-4,15H,1-2H3. The van der Waals surface area contributed by atoms with Crippen molar-refractivity contribution in [2.24, 2.45) is 7.05 Å². The van der Waals surface area contributed by atoms with Crippen LogP contribution in [0.2, 0.25) is 0 Å². The largest absolute Gasteiger partial charge is 0.507 e. The number of carbonyl (C=O) groups is 1. The molecule has 0 radical (unpaired) electrons. The summed E-state index contributed by atoms with van der Waals surface area (Å²) in [5.74, 6) is -2.85. The number of alkyl halides is 3. The molecule has 0 aliphatic heterocycles. The highest BCUT2D eigenvalue weighted by Crippen LogP contribution is 2.20. The maximum absolute atomic E-state index is 11.9. The first-order chi connectivity index (χ1) is 7.21. The molecule has 0 amide bonds. The molecule has 0 atom stereocenters. The Morgan fingerprint density at radius 2 is 2.12 bits per heavy atom. The minimum absolute atomic E-state index is 0.0973. The van der Waals surface area contributed by atoms with Crippen molar-refractivity contribution in [3.63, 3.8) is 0 Å². The second-order valence-corrected chi connectivity index (χ2v) is 3.19. The van der Waals surface area contributed by atoms with Gasteiger partial charge in [-0.25, -0.2) is 0 Å². The van der Waals surface area contributed by atoms with Crippen molar-refractivity contribution in [1.29, 1.82) is 0 Å². The van der Waals surface area contributed by atoms with Gasteiger partial charge in [-0.05, 0) is 6.92 Å². The number of aliphatic hydroxyl groups excluding tert-OH is 1. The van der Waals surface area contributed by atoms with Crippen molar-refractivity contribution in [1.82, 2.24) is 9.78 Å². The van der Waals surface area contributed by atoms with Crippen LogP contribution in [0.25, 0.3) is 5.76 Å². The Morgan fingerprint density at radius 1 is 1.56 bits per heavy atom. The van der Waals surface area contributed by atoms with Crippen molar-refractivity contribution in [2.45, 2.75) is 13.1 Å². The van der Waals surface area contributed by atoms with E-state index in [1.807, 2.05) is 0 Å². The number of nitrogens with zero attached hydrogens (tertiary/aromatic N) is 2. The number of aliphatic hydroxyl groups is 1. The predicted molar refractivity (Wildman–Crippen MR) is 49.6 cm³/mol. The van der Waals surface area contributed by atoms with Gasteiger partial charge in [-0.1, -0.05) is 0 Å².